The molecule has 2 aromatic rings. The minimum absolute atomic E-state index is 0.175. The summed E-state index contributed by atoms with van der Waals surface area (Å²) in [5.74, 6) is 0.791. The van der Waals surface area contributed by atoms with Gasteiger partial charge in [-0.2, -0.15) is 0 Å². The summed E-state index contributed by atoms with van der Waals surface area (Å²) in [5, 5.41) is 5.47. The Bertz CT molecular complexity index is 831. The number of nitrogens with one attached hydrogen (secondary N) is 2. The van der Waals surface area contributed by atoms with Crippen LogP contribution in [0.15, 0.2) is 48.5 Å². The molecule has 27 heavy (non-hydrogen) atoms. The first kappa shape index (κ1) is 20.0. The quantitative estimate of drug-likeness (QED) is 0.699. The highest BCUT2D eigenvalue weighted by atomic mass is 16.5. The second kappa shape index (κ2) is 10.0. The third-order valence-electron chi connectivity index (χ3n) is 3.64. The molecule has 142 valence electrons. The van der Waals surface area contributed by atoms with E-state index in [0.717, 1.165) is 5.56 Å². The fraction of sp³-hybridized carbons (Fsp3) is 0.238. The van der Waals surface area contributed by atoms with Gasteiger partial charge in [-0.15, -0.1) is 0 Å². The van der Waals surface area contributed by atoms with Crippen LogP contribution >= 0.6 is 0 Å². The van der Waals surface area contributed by atoms with Crippen LogP contribution in [-0.4, -0.2) is 32.1 Å². The van der Waals surface area contributed by atoms with Crippen molar-refractivity contribution in [3.05, 3.63) is 59.7 Å². The van der Waals surface area contributed by atoms with Gasteiger partial charge in [0.1, 0.15) is 0 Å². The average molecular weight is 368 g/mol. The van der Waals surface area contributed by atoms with E-state index in [9.17, 15) is 9.59 Å². The minimum Gasteiger partial charge on any atom is -0.493 e. The van der Waals surface area contributed by atoms with Crippen LogP contribution in [0.25, 0.3) is 6.08 Å². The molecule has 2 rings (SSSR count). The molecule has 0 aliphatic carbocycles. The molecule has 0 aliphatic rings. The van der Waals surface area contributed by atoms with Crippen LogP contribution in [-0.2, 0) is 4.79 Å². The van der Waals surface area contributed by atoms with Gasteiger partial charge >= 0.3 is 0 Å². The lowest BCUT2D eigenvalue weighted by Gasteiger charge is -2.09. The van der Waals surface area contributed by atoms with Crippen molar-refractivity contribution in [3.63, 3.8) is 0 Å². The Labute approximate surface area is 159 Å². The molecule has 0 heterocycles. The molecule has 0 unspecified atom stereocenters. The number of hydrogen-bond donors (Lipinski definition) is 2. The maximum Gasteiger partial charge on any atom is 0.251 e. The number of ether oxygens (including phenoxy) is 2. The fourth-order valence-electron chi connectivity index (χ4n) is 2.42. The average Bonchev–Trinajstić information content (AvgIpc) is 2.67. The van der Waals surface area contributed by atoms with E-state index < -0.39 is 0 Å². The van der Waals surface area contributed by atoms with Crippen LogP contribution in [0, 0.1) is 0 Å². The SMILES string of the molecule is CCNC(=O)c1cccc(NC(=O)/C=C/c2ccc(OCC)c(OC)c2)c1. The fourth-order valence-corrected chi connectivity index (χ4v) is 2.42. The summed E-state index contributed by atoms with van der Waals surface area (Å²) in [5.41, 5.74) is 1.86. The van der Waals surface area contributed by atoms with Gasteiger partial charge in [-0.25, -0.2) is 0 Å². The topological polar surface area (TPSA) is 76.7 Å². The van der Waals surface area contributed by atoms with E-state index in [0.29, 0.717) is 35.9 Å². The van der Waals surface area contributed by atoms with Crippen LogP contribution in [0.1, 0.15) is 29.8 Å². The zero-order valence-electron chi connectivity index (χ0n) is 15.7. The monoisotopic (exact) mass is 368 g/mol. The number of benzene rings is 2. The van der Waals surface area contributed by atoms with Crippen LogP contribution in [0.2, 0.25) is 0 Å². The molecule has 0 bridgehead atoms. The first-order chi connectivity index (χ1) is 13.1. The molecule has 0 aromatic heterocycles. The van der Waals surface area contributed by atoms with Gasteiger partial charge in [0, 0.05) is 23.9 Å². The van der Waals surface area contributed by atoms with Crippen molar-refractivity contribution in [2.24, 2.45) is 0 Å². The Morgan fingerprint density at radius 3 is 2.59 bits per heavy atom. The maximum absolute atomic E-state index is 12.2. The van der Waals surface area contributed by atoms with E-state index >= 15 is 0 Å². The maximum atomic E-state index is 12.2. The van der Waals surface area contributed by atoms with Gasteiger partial charge in [0.05, 0.1) is 13.7 Å². The number of anilines is 1. The Hall–Kier alpha value is -3.28. The third kappa shape index (κ3) is 5.88. The molecular formula is C21H24N2O4. The van der Waals surface area contributed by atoms with Crippen molar-refractivity contribution in [1.29, 1.82) is 0 Å². The lowest BCUT2D eigenvalue weighted by Crippen LogP contribution is -2.22. The molecular weight excluding hydrogens is 344 g/mol. The second-order valence-electron chi connectivity index (χ2n) is 5.61. The molecule has 0 atom stereocenters. The molecule has 2 N–H and O–H groups in total. The molecule has 0 radical (unpaired) electrons. The molecule has 0 fully saturated rings. The van der Waals surface area contributed by atoms with Crippen molar-refractivity contribution in [3.8, 4) is 11.5 Å². The van der Waals surface area contributed by atoms with Crippen molar-refractivity contribution >= 4 is 23.6 Å². The van der Waals surface area contributed by atoms with E-state index in [2.05, 4.69) is 10.6 Å². The van der Waals surface area contributed by atoms with Crippen molar-refractivity contribution in [2.45, 2.75) is 13.8 Å². The predicted molar refractivity (Wildman–Crippen MR) is 106 cm³/mol. The van der Waals surface area contributed by atoms with E-state index in [1.807, 2.05) is 19.9 Å². The van der Waals surface area contributed by atoms with Crippen LogP contribution in [0.5, 0.6) is 11.5 Å². The summed E-state index contributed by atoms with van der Waals surface area (Å²) >= 11 is 0. The van der Waals surface area contributed by atoms with Gasteiger partial charge in [0.25, 0.3) is 5.91 Å². The zero-order valence-corrected chi connectivity index (χ0v) is 15.7. The largest absolute Gasteiger partial charge is 0.493 e. The van der Waals surface area contributed by atoms with Crippen LogP contribution in [0.3, 0.4) is 0 Å². The number of rotatable bonds is 8. The molecule has 0 aliphatic heterocycles. The molecule has 2 amide bonds. The van der Waals surface area contributed by atoms with Gasteiger partial charge in [0.2, 0.25) is 5.91 Å². The lowest BCUT2D eigenvalue weighted by molar-refractivity contribution is -0.111. The number of carbonyl (C=O) groups is 2. The Kier molecular flexibility index (Phi) is 7.43. The Morgan fingerprint density at radius 1 is 1.07 bits per heavy atom. The Balaban J connectivity index is 2.05. The van der Waals surface area contributed by atoms with Gasteiger partial charge in [-0.05, 0) is 55.8 Å². The van der Waals surface area contributed by atoms with Crippen LogP contribution in [0.4, 0.5) is 5.69 Å². The van der Waals surface area contributed by atoms with Gasteiger partial charge in [0.15, 0.2) is 11.5 Å². The van der Waals surface area contributed by atoms with E-state index in [4.69, 9.17) is 9.47 Å². The Morgan fingerprint density at radius 2 is 1.89 bits per heavy atom. The van der Waals surface area contributed by atoms with Gasteiger partial charge in [-0.1, -0.05) is 12.1 Å². The highest BCUT2D eigenvalue weighted by Crippen LogP contribution is 2.28. The minimum atomic E-state index is -0.295. The standard InChI is InChI=1S/C21H24N2O4/c1-4-22-21(25)16-7-6-8-17(14-16)23-20(24)12-10-15-9-11-18(27-5-2)19(13-15)26-3/h6-14H,4-5H2,1-3H3,(H,22,25)(H,23,24)/b12-10+. The van der Waals surface area contributed by atoms with Gasteiger partial charge in [-0.3, -0.25) is 9.59 Å². The number of amides is 2. The van der Waals surface area contributed by atoms with Crippen LogP contribution < -0.4 is 20.1 Å². The highest BCUT2D eigenvalue weighted by Gasteiger charge is 2.07. The third-order valence-corrected chi connectivity index (χ3v) is 3.64. The summed E-state index contributed by atoms with van der Waals surface area (Å²) in [6, 6.07) is 12.2. The first-order valence-electron chi connectivity index (χ1n) is 8.75. The molecule has 2 aromatic carbocycles. The summed E-state index contributed by atoms with van der Waals surface area (Å²) in [7, 11) is 1.57. The number of hydrogen-bond acceptors (Lipinski definition) is 4. The van der Waals surface area contributed by atoms with Crippen molar-refractivity contribution in [2.75, 3.05) is 25.6 Å². The summed E-state index contributed by atoms with van der Waals surface area (Å²) in [4.78, 5) is 24.0. The summed E-state index contributed by atoms with van der Waals surface area (Å²) in [6.45, 7) is 4.84. The van der Waals surface area contributed by atoms with Gasteiger partial charge < -0.3 is 20.1 Å². The summed E-state index contributed by atoms with van der Waals surface area (Å²) in [6.07, 6.45) is 3.11. The summed E-state index contributed by atoms with van der Waals surface area (Å²) < 4.78 is 10.8. The smallest absolute Gasteiger partial charge is 0.251 e. The molecule has 6 heteroatoms. The zero-order chi connectivity index (χ0) is 19.6. The predicted octanol–water partition coefficient (Wildman–Crippen LogP) is 3.50. The molecule has 0 saturated carbocycles. The highest BCUT2D eigenvalue weighted by molar-refractivity contribution is 6.03. The first-order valence-corrected chi connectivity index (χ1v) is 8.75. The second-order valence-corrected chi connectivity index (χ2v) is 5.61. The van der Waals surface area contributed by atoms with E-state index in [1.165, 1.54) is 6.08 Å². The van der Waals surface area contributed by atoms with E-state index in [-0.39, 0.29) is 11.8 Å². The normalized spacial score (nSPS) is 10.5. The van der Waals surface area contributed by atoms with Crippen molar-refractivity contribution < 1.29 is 19.1 Å². The molecule has 6 nitrogen and oxygen atoms in total. The van der Waals surface area contributed by atoms with Crippen molar-refractivity contribution in [1.82, 2.24) is 5.32 Å². The molecule has 0 saturated heterocycles. The number of methoxy groups -OCH3 is 1. The molecule has 0 spiro atoms. The van der Waals surface area contributed by atoms with E-state index in [1.54, 1.807) is 49.6 Å². The number of carbonyl (C=O) groups excluding carboxylic acids is 2. The lowest BCUT2D eigenvalue weighted by atomic mass is 10.1.